The maximum Gasteiger partial charge on any atom is -0.0683 e. The molecule has 0 fully saturated rings. The molecule has 0 radical (unpaired) electrons. The van der Waals surface area contributed by atoms with Crippen LogP contribution in [0.25, 0.3) is 0 Å². The summed E-state index contributed by atoms with van der Waals surface area (Å²) < 4.78 is 0. The van der Waals surface area contributed by atoms with Crippen molar-refractivity contribution in [3.05, 3.63) is 0 Å². The van der Waals surface area contributed by atoms with E-state index in [9.17, 15) is 0 Å². The molecule has 0 saturated carbocycles. The highest BCUT2D eigenvalue weighted by Crippen LogP contribution is 1.15. The number of hydrogen-bond acceptors (Lipinski definition) is 0. The molecule has 0 heterocycles. The summed E-state index contributed by atoms with van der Waals surface area (Å²) in [4.78, 5) is 0. The van der Waals surface area contributed by atoms with Gasteiger partial charge < -0.3 is 0 Å². The van der Waals surface area contributed by atoms with E-state index >= 15 is 0 Å². The Morgan fingerprint density at radius 1 is 0.273 bits per heavy atom. The molecule has 0 amide bonds. The van der Waals surface area contributed by atoms with Gasteiger partial charge in [-0.1, -0.05) is 76.7 Å². The van der Waals surface area contributed by atoms with E-state index in [1.807, 2.05) is 69.2 Å². The fourth-order valence-electron chi connectivity index (χ4n) is 0. The summed E-state index contributed by atoms with van der Waals surface area (Å²) in [5.74, 6) is 0. The van der Waals surface area contributed by atoms with Crippen LogP contribution in [0.3, 0.4) is 0 Å². The molecule has 0 aliphatic carbocycles. The van der Waals surface area contributed by atoms with Crippen LogP contribution in [0, 0.1) is 0 Å². The number of hydrogen-bond donors (Lipinski definition) is 0. The molecule has 0 unspecified atom stereocenters. The fourth-order valence-corrected chi connectivity index (χ4v) is 0. The van der Waals surface area contributed by atoms with Crippen molar-refractivity contribution in [1.29, 1.82) is 0 Å². The Bertz CT molecular complexity index is 0. The minimum atomic E-state index is 0. The lowest BCUT2D eigenvalue weighted by Gasteiger charge is -1.07. The van der Waals surface area contributed by atoms with Gasteiger partial charge in [0.1, 0.15) is 0 Å². The van der Waals surface area contributed by atoms with Crippen LogP contribution >= 0.6 is 0 Å². The smallest absolute Gasteiger partial charge is 0.0683 e. The second kappa shape index (κ2) is 0. The maximum atomic E-state index is 2.00. The van der Waals surface area contributed by atoms with Crippen molar-refractivity contribution in [3.8, 4) is 0 Å². The molecule has 78 valence electrons. The van der Waals surface area contributed by atoms with Gasteiger partial charge in [-0.15, -0.1) is 0 Å². The van der Waals surface area contributed by atoms with Crippen molar-refractivity contribution in [2.24, 2.45) is 0 Å². The quantitative estimate of drug-likeness (QED) is 0.429. The Morgan fingerprint density at radius 3 is 0.273 bits per heavy atom. The molecule has 0 spiro atoms. The third kappa shape index (κ3) is 0. The first kappa shape index (κ1) is 44.0. The van der Waals surface area contributed by atoms with Crippen molar-refractivity contribution in [2.75, 3.05) is 0 Å². The molecular formula is C11H34. The Hall–Kier alpha value is 0. The van der Waals surface area contributed by atoms with Gasteiger partial charge in [-0.05, 0) is 0 Å². The second-order valence-electron chi connectivity index (χ2n) is 0. The third-order valence-corrected chi connectivity index (χ3v) is 0. The van der Waals surface area contributed by atoms with Crippen LogP contribution in [0.1, 0.15) is 76.7 Å². The van der Waals surface area contributed by atoms with Crippen LogP contribution in [0.15, 0.2) is 0 Å². The molecule has 0 aromatic heterocycles. The van der Waals surface area contributed by atoms with Gasteiger partial charge in [0.2, 0.25) is 0 Å². The largest absolute Gasteiger partial charge is 0.0776 e. The zero-order valence-corrected chi connectivity index (χ0v) is 10.0. The average Bonchev–Trinajstić information content (AvgIpc) is 2.20. The maximum absolute atomic E-state index is 2.00. The van der Waals surface area contributed by atoms with Crippen LogP contribution in [-0.2, 0) is 0 Å². The molecule has 11 heavy (non-hydrogen) atoms. The molecule has 0 saturated heterocycles. The van der Waals surface area contributed by atoms with E-state index in [0.717, 1.165) is 0 Å². The summed E-state index contributed by atoms with van der Waals surface area (Å²) >= 11 is 0. The molecule has 0 aromatic rings. The SMILES string of the molecule is C.CC.CC.CC.CC.CC. The standard InChI is InChI=1S/5C2H6.CH4/c5*1-2;/h5*1-2H3;1H4. The zero-order chi connectivity index (χ0) is 10.0. The van der Waals surface area contributed by atoms with Gasteiger partial charge in [-0.3, -0.25) is 0 Å². The van der Waals surface area contributed by atoms with Crippen LogP contribution in [-0.4, -0.2) is 0 Å². The lowest BCUT2D eigenvalue weighted by atomic mass is 11.0. The van der Waals surface area contributed by atoms with E-state index in [4.69, 9.17) is 0 Å². The van der Waals surface area contributed by atoms with Crippen molar-refractivity contribution < 1.29 is 0 Å². The molecule has 0 rings (SSSR count). The topological polar surface area (TPSA) is 0 Å². The summed E-state index contributed by atoms with van der Waals surface area (Å²) in [6.07, 6.45) is 0. The van der Waals surface area contributed by atoms with Crippen LogP contribution in [0.4, 0.5) is 0 Å². The molecule has 0 bridgehead atoms. The third-order valence-electron chi connectivity index (χ3n) is 0. The minimum Gasteiger partial charge on any atom is -0.0776 e. The first-order valence-electron chi connectivity index (χ1n) is 5.00. The summed E-state index contributed by atoms with van der Waals surface area (Å²) in [6, 6.07) is 0. The Morgan fingerprint density at radius 2 is 0.273 bits per heavy atom. The van der Waals surface area contributed by atoms with E-state index in [1.54, 1.807) is 0 Å². The van der Waals surface area contributed by atoms with Gasteiger partial charge in [0.25, 0.3) is 0 Å². The van der Waals surface area contributed by atoms with Crippen molar-refractivity contribution in [1.82, 2.24) is 0 Å². The first-order valence-corrected chi connectivity index (χ1v) is 5.00. The summed E-state index contributed by atoms with van der Waals surface area (Å²) in [6.45, 7) is 20.0. The molecule has 0 aromatic carbocycles. The highest BCUT2D eigenvalue weighted by Gasteiger charge is 0.940. The molecular weight excluding hydrogens is 132 g/mol. The van der Waals surface area contributed by atoms with Gasteiger partial charge in [0.05, 0.1) is 0 Å². The number of rotatable bonds is 0. The van der Waals surface area contributed by atoms with Gasteiger partial charge in [0.15, 0.2) is 0 Å². The predicted molar refractivity (Wildman–Crippen MR) is 63.5 cm³/mol. The highest BCUT2D eigenvalue weighted by molar-refractivity contribution is 3.51. The molecule has 0 nitrogen and oxygen atoms in total. The van der Waals surface area contributed by atoms with Gasteiger partial charge >= 0.3 is 0 Å². The Kier molecular flexibility index (Phi) is 0. The summed E-state index contributed by atoms with van der Waals surface area (Å²) in [5.41, 5.74) is 0. The van der Waals surface area contributed by atoms with Gasteiger partial charge in [-0.25, -0.2) is 0 Å². The first-order chi connectivity index (χ1) is 5.00. The highest BCUT2D eigenvalue weighted by atomic mass is 13.0. The van der Waals surface area contributed by atoms with E-state index in [0.29, 0.717) is 0 Å². The lowest BCUT2D eigenvalue weighted by Crippen LogP contribution is -0.856. The normalized spacial score (nSPS) is 2.73. The van der Waals surface area contributed by atoms with Gasteiger partial charge in [0, 0.05) is 0 Å². The monoisotopic (exact) mass is 166 g/mol. The van der Waals surface area contributed by atoms with Crippen LogP contribution < -0.4 is 0 Å². The zero-order valence-electron chi connectivity index (χ0n) is 10.0. The summed E-state index contributed by atoms with van der Waals surface area (Å²) in [7, 11) is 0. The fraction of sp³-hybridized carbons (Fsp3) is 1.00. The van der Waals surface area contributed by atoms with E-state index in [2.05, 4.69) is 0 Å². The molecule has 0 aliphatic heterocycles. The van der Waals surface area contributed by atoms with E-state index in [1.165, 1.54) is 0 Å². The average molecular weight is 166 g/mol. The van der Waals surface area contributed by atoms with Crippen molar-refractivity contribution in [2.45, 2.75) is 76.7 Å². The van der Waals surface area contributed by atoms with Crippen LogP contribution in [0.5, 0.6) is 0 Å². The molecule has 0 N–H and O–H groups in total. The Labute approximate surface area is 77.4 Å². The van der Waals surface area contributed by atoms with E-state index in [-0.39, 0.29) is 7.43 Å². The van der Waals surface area contributed by atoms with Crippen molar-refractivity contribution in [3.63, 3.8) is 0 Å². The van der Waals surface area contributed by atoms with Gasteiger partial charge in [-0.2, -0.15) is 0 Å². The summed E-state index contributed by atoms with van der Waals surface area (Å²) in [5, 5.41) is 0. The molecule has 0 heteroatoms. The minimum absolute atomic E-state index is 0. The molecule has 0 aliphatic rings. The second-order valence-corrected chi connectivity index (χ2v) is 0. The van der Waals surface area contributed by atoms with Crippen molar-refractivity contribution >= 4 is 0 Å². The van der Waals surface area contributed by atoms with E-state index < -0.39 is 0 Å². The molecule has 0 atom stereocenters. The lowest BCUT2D eigenvalue weighted by molar-refractivity contribution is 1.50. The van der Waals surface area contributed by atoms with Crippen LogP contribution in [0.2, 0.25) is 0 Å². The predicted octanol–water partition coefficient (Wildman–Crippen LogP) is 5.77. The Balaban J connectivity index is -0.00000000694.